The quantitative estimate of drug-likeness (QED) is 0.323. The van der Waals surface area contributed by atoms with Crippen LogP contribution in [0.3, 0.4) is 0 Å². The van der Waals surface area contributed by atoms with E-state index in [4.69, 9.17) is 14.5 Å². The molecule has 0 fully saturated rings. The van der Waals surface area contributed by atoms with Crippen LogP contribution in [0.2, 0.25) is 0 Å². The van der Waals surface area contributed by atoms with Crippen molar-refractivity contribution in [2.24, 2.45) is 4.99 Å². The van der Waals surface area contributed by atoms with E-state index >= 15 is 0 Å². The number of hydrogen-bond donors (Lipinski definition) is 0. The summed E-state index contributed by atoms with van der Waals surface area (Å²) in [6.07, 6.45) is 3.86. The normalized spacial score (nSPS) is 18.8. The second kappa shape index (κ2) is 7.74. The topological polar surface area (TPSA) is 61.5 Å². The summed E-state index contributed by atoms with van der Waals surface area (Å²) in [7, 11) is 0. The number of rotatable bonds is 4. The highest BCUT2D eigenvalue weighted by Crippen LogP contribution is 2.35. The molecule has 34 heavy (non-hydrogen) atoms. The standard InChI is InChI=1S/C27H18N4O2S/c1-2-9-22-19(8-1)20-11-12-24(30-25(20)31(22)23-10-3-4-14-28-23)32-18-7-5-6-17(16-18)26-29-21-13-15-34-27(21)33-26/h1-16,21,27H. The largest absolute Gasteiger partial charge is 0.460 e. The van der Waals surface area contributed by atoms with Crippen molar-refractivity contribution in [3.05, 3.63) is 102 Å². The lowest BCUT2D eigenvalue weighted by Crippen LogP contribution is -2.12. The van der Waals surface area contributed by atoms with E-state index in [9.17, 15) is 0 Å². The Morgan fingerprint density at radius 1 is 0.912 bits per heavy atom. The van der Waals surface area contributed by atoms with Crippen LogP contribution in [0.25, 0.3) is 27.8 Å². The van der Waals surface area contributed by atoms with E-state index < -0.39 is 0 Å². The van der Waals surface area contributed by atoms with Gasteiger partial charge in [-0.1, -0.05) is 42.1 Å². The second-order valence-electron chi connectivity index (χ2n) is 8.07. The fraction of sp³-hybridized carbons (Fsp3) is 0.0741. The van der Waals surface area contributed by atoms with Crippen LogP contribution >= 0.6 is 11.8 Å². The number of pyridine rings is 2. The number of benzene rings is 2. The van der Waals surface area contributed by atoms with Gasteiger partial charge in [-0.05, 0) is 53.9 Å². The Morgan fingerprint density at radius 2 is 1.85 bits per heavy atom. The van der Waals surface area contributed by atoms with Crippen molar-refractivity contribution in [3.8, 4) is 17.4 Å². The molecule has 0 N–H and O–H groups in total. The molecule has 2 unspecified atom stereocenters. The van der Waals surface area contributed by atoms with Crippen LogP contribution in [0, 0.1) is 0 Å². The third-order valence-electron chi connectivity index (χ3n) is 5.94. The first-order valence-corrected chi connectivity index (χ1v) is 11.9. The van der Waals surface area contributed by atoms with Gasteiger partial charge in [0, 0.05) is 28.6 Å². The molecule has 0 saturated carbocycles. The van der Waals surface area contributed by atoms with Gasteiger partial charge in [0.1, 0.15) is 17.6 Å². The number of aromatic nitrogens is 3. The van der Waals surface area contributed by atoms with E-state index in [1.54, 1.807) is 18.0 Å². The molecule has 0 spiro atoms. The highest BCUT2D eigenvalue weighted by molar-refractivity contribution is 8.02. The fourth-order valence-electron chi connectivity index (χ4n) is 4.40. The van der Waals surface area contributed by atoms with E-state index in [2.05, 4.69) is 38.8 Å². The molecule has 0 amide bonds. The van der Waals surface area contributed by atoms with Crippen molar-refractivity contribution in [1.29, 1.82) is 0 Å². The molecule has 5 aromatic rings. The van der Waals surface area contributed by atoms with Gasteiger partial charge >= 0.3 is 0 Å². The molecule has 2 aliphatic rings. The van der Waals surface area contributed by atoms with Crippen LogP contribution in [0.4, 0.5) is 0 Å². The van der Waals surface area contributed by atoms with Gasteiger partial charge < -0.3 is 9.47 Å². The Bertz CT molecular complexity index is 1610. The molecule has 7 heteroatoms. The van der Waals surface area contributed by atoms with E-state index in [1.807, 2.05) is 66.1 Å². The Labute approximate surface area is 199 Å². The average molecular weight is 463 g/mol. The molecule has 0 saturated heterocycles. The van der Waals surface area contributed by atoms with Crippen molar-refractivity contribution in [2.45, 2.75) is 11.5 Å². The zero-order valence-corrected chi connectivity index (χ0v) is 18.7. The van der Waals surface area contributed by atoms with Gasteiger partial charge in [0.2, 0.25) is 11.8 Å². The zero-order chi connectivity index (χ0) is 22.5. The second-order valence-corrected chi connectivity index (χ2v) is 9.08. The SMILES string of the molecule is C1=CC2N=C(c3cccc(Oc4ccc5c6ccccc6n(-c6ccccn6)c5n4)c3)OC2S1. The Morgan fingerprint density at radius 3 is 2.76 bits per heavy atom. The fourth-order valence-corrected chi connectivity index (χ4v) is 5.27. The van der Waals surface area contributed by atoms with Crippen LogP contribution in [-0.4, -0.2) is 31.9 Å². The van der Waals surface area contributed by atoms with Crippen molar-refractivity contribution in [2.75, 3.05) is 0 Å². The number of thioether (sulfide) groups is 1. The number of fused-ring (bicyclic) bond motifs is 4. The minimum absolute atomic E-state index is 0.0390. The third-order valence-corrected chi connectivity index (χ3v) is 6.90. The van der Waals surface area contributed by atoms with Crippen molar-refractivity contribution < 1.29 is 9.47 Å². The molecule has 6 nitrogen and oxygen atoms in total. The minimum Gasteiger partial charge on any atom is -0.460 e. The molecule has 0 bridgehead atoms. The highest BCUT2D eigenvalue weighted by atomic mass is 32.2. The predicted molar refractivity (Wildman–Crippen MR) is 135 cm³/mol. The third kappa shape index (κ3) is 3.16. The van der Waals surface area contributed by atoms with E-state index in [0.29, 0.717) is 17.5 Å². The number of hydrogen-bond acceptors (Lipinski definition) is 6. The summed E-state index contributed by atoms with van der Waals surface area (Å²) in [5.74, 6) is 2.65. The first-order chi connectivity index (χ1) is 16.8. The molecule has 5 heterocycles. The molecule has 2 aliphatic heterocycles. The summed E-state index contributed by atoms with van der Waals surface area (Å²) in [6, 6.07) is 25.9. The first kappa shape index (κ1) is 19.4. The molecule has 164 valence electrons. The molecule has 0 radical (unpaired) electrons. The summed E-state index contributed by atoms with van der Waals surface area (Å²) in [4.78, 5) is 14.1. The molecule has 3 aromatic heterocycles. The van der Waals surface area contributed by atoms with Gasteiger partial charge in [0.05, 0.1) is 5.52 Å². The Balaban J connectivity index is 1.28. The number of ether oxygens (including phenoxy) is 2. The van der Waals surface area contributed by atoms with Gasteiger partial charge in [-0.2, -0.15) is 4.98 Å². The maximum atomic E-state index is 6.19. The number of nitrogens with zero attached hydrogens (tertiary/aromatic N) is 4. The summed E-state index contributed by atoms with van der Waals surface area (Å²) in [5.41, 5.74) is 2.78. The van der Waals surface area contributed by atoms with Crippen molar-refractivity contribution in [3.63, 3.8) is 0 Å². The van der Waals surface area contributed by atoms with Gasteiger partial charge in [-0.25, -0.2) is 9.98 Å². The van der Waals surface area contributed by atoms with Crippen LogP contribution in [0.15, 0.2) is 102 Å². The van der Waals surface area contributed by atoms with Crippen LogP contribution in [0.1, 0.15) is 5.56 Å². The monoisotopic (exact) mass is 462 g/mol. The molecular formula is C27H18N4O2S. The number of para-hydroxylation sites is 1. The van der Waals surface area contributed by atoms with Gasteiger partial charge in [-0.3, -0.25) is 4.57 Å². The minimum atomic E-state index is 0.0390. The van der Waals surface area contributed by atoms with E-state index in [1.165, 1.54) is 0 Å². The van der Waals surface area contributed by atoms with Gasteiger partial charge in [0.15, 0.2) is 11.1 Å². The molecule has 2 aromatic carbocycles. The zero-order valence-electron chi connectivity index (χ0n) is 17.9. The lowest BCUT2D eigenvalue weighted by atomic mass is 10.2. The maximum Gasteiger partial charge on any atom is 0.221 e. The van der Waals surface area contributed by atoms with Crippen molar-refractivity contribution >= 4 is 39.6 Å². The van der Waals surface area contributed by atoms with Gasteiger partial charge in [0.25, 0.3) is 0 Å². The molecule has 2 atom stereocenters. The average Bonchev–Trinajstić information content (AvgIpc) is 3.57. The number of aliphatic imine (C=N–C) groups is 1. The Kier molecular flexibility index (Phi) is 4.41. The van der Waals surface area contributed by atoms with Crippen LogP contribution < -0.4 is 4.74 Å². The predicted octanol–water partition coefficient (Wildman–Crippen LogP) is 6.10. The Hall–Kier alpha value is -4.10. The smallest absolute Gasteiger partial charge is 0.221 e. The summed E-state index contributed by atoms with van der Waals surface area (Å²) in [6.45, 7) is 0. The molecule has 0 aliphatic carbocycles. The molecule has 7 rings (SSSR count). The highest BCUT2D eigenvalue weighted by Gasteiger charge is 2.33. The van der Waals surface area contributed by atoms with E-state index in [-0.39, 0.29) is 11.5 Å². The van der Waals surface area contributed by atoms with Crippen LogP contribution in [-0.2, 0) is 4.74 Å². The maximum absolute atomic E-state index is 6.19. The van der Waals surface area contributed by atoms with Crippen molar-refractivity contribution in [1.82, 2.24) is 14.5 Å². The summed E-state index contributed by atoms with van der Waals surface area (Å²) in [5, 5.41) is 4.22. The summed E-state index contributed by atoms with van der Waals surface area (Å²) >= 11 is 1.65. The first-order valence-electron chi connectivity index (χ1n) is 11.0. The molecular weight excluding hydrogens is 444 g/mol. The summed E-state index contributed by atoms with van der Waals surface area (Å²) < 4.78 is 14.3. The van der Waals surface area contributed by atoms with E-state index in [0.717, 1.165) is 33.3 Å². The lowest BCUT2D eigenvalue weighted by molar-refractivity contribution is 0.300. The van der Waals surface area contributed by atoms with Gasteiger partial charge in [-0.15, -0.1) is 0 Å². The van der Waals surface area contributed by atoms with Crippen LogP contribution in [0.5, 0.6) is 11.6 Å². The lowest BCUT2D eigenvalue weighted by Gasteiger charge is -2.10.